The van der Waals surface area contributed by atoms with E-state index in [-0.39, 0.29) is 29.5 Å². The molecule has 3 heterocycles. The molecular weight excluding hydrogens is 413 g/mol. The van der Waals surface area contributed by atoms with Crippen LogP contribution >= 0.6 is 0 Å². The van der Waals surface area contributed by atoms with Gasteiger partial charge >= 0.3 is 6.18 Å². The first-order chi connectivity index (χ1) is 14.8. The molecule has 1 aromatic heterocycles. The van der Waals surface area contributed by atoms with Gasteiger partial charge in [0.05, 0.1) is 41.7 Å². The first-order valence-corrected chi connectivity index (χ1v) is 9.97. The molecule has 1 atom stereocenters. The fourth-order valence-electron chi connectivity index (χ4n) is 3.86. The van der Waals surface area contributed by atoms with Crippen molar-refractivity contribution < 1.29 is 27.4 Å². The van der Waals surface area contributed by atoms with Gasteiger partial charge in [0.25, 0.3) is 5.91 Å². The summed E-state index contributed by atoms with van der Waals surface area (Å²) in [5.74, 6) is -0.688. The Labute approximate surface area is 177 Å². The first-order valence-electron chi connectivity index (χ1n) is 9.97. The van der Waals surface area contributed by atoms with Gasteiger partial charge in [0.15, 0.2) is 6.10 Å². The third-order valence-corrected chi connectivity index (χ3v) is 5.61. The van der Waals surface area contributed by atoms with Crippen molar-refractivity contribution in [3.63, 3.8) is 0 Å². The number of hydrogen-bond acceptors (Lipinski definition) is 5. The van der Waals surface area contributed by atoms with Gasteiger partial charge in [-0.25, -0.2) is 0 Å². The normalized spacial score (nSPS) is 17.8. The van der Waals surface area contributed by atoms with Gasteiger partial charge in [-0.3, -0.25) is 9.48 Å². The highest BCUT2D eigenvalue weighted by molar-refractivity contribution is 5.97. The number of ether oxygens (including phenoxy) is 2. The average Bonchev–Trinajstić information content (AvgIpc) is 3.34. The van der Waals surface area contributed by atoms with Crippen LogP contribution in [0.1, 0.15) is 53.0 Å². The topological polar surface area (TPSA) is 80.4 Å². The SMILES string of the molecule is C[C@H](Oc1ccc(C#N)cc1C(=O)N1Cc2cnn(C3CCOCC3)c2C1)C(F)(F)F. The molecule has 0 radical (unpaired) electrons. The Bertz CT molecular complexity index is 1020. The molecular formula is C21H21F3N4O3. The summed E-state index contributed by atoms with van der Waals surface area (Å²) in [4.78, 5) is 14.8. The molecule has 1 amide bonds. The fourth-order valence-corrected chi connectivity index (χ4v) is 3.86. The molecule has 7 nitrogen and oxygen atoms in total. The monoisotopic (exact) mass is 434 g/mol. The van der Waals surface area contributed by atoms with E-state index in [0.717, 1.165) is 31.0 Å². The molecule has 1 fully saturated rings. The summed E-state index contributed by atoms with van der Waals surface area (Å²) in [6.45, 7) is 2.77. The molecule has 0 spiro atoms. The minimum absolute atomic E-state index is 0.0640. The van der Waals surface area contributed by atoms with Crippen molar-refractivity contribution in [1.82, 2.24) is 14.7 Å². The molecule has 1 aromatic carbocycles. The number of aromatic nitrogens is 2. The number of nitrogens with zero attached hydrogens (tertiary/aromatic N) is 4. The van der Waals surface area contributed by atoms with Crippen LogP contribution in [0, 0.1) is 11.3 Å². The highest BCUT2D eigenvalue weighted by Gasteiger charge is 2.39. The van der Waals surface area contributed by atoms with Gasteiger partial charge in [-0.2, -0.15) is 23.5 Å². The quantitative estimate of drug-likeness (QED) is 0.735. The van der Waals surface area contributed by atoms with Crippen molar-refractivity contribution in [3.05, 3.63) is 46.8 Å². The molecule has 1 saturated heterocycles. The standard InChI is InChI=1S/C21H21F3N4O3/c1-13(21(22,23)24)31-19-3-2-14(9-25)8-17(19)20(29)27-11-15-10-26-28(18(15)12-27)16-4-6-30-7-5-16/h2-3,8,10,13,16H,4-7,11-12H2,1H3/t13-/m0/s1. The molecule has 2 aliphatic rings. The van der Waals surface area contributed by atoms with Crippen molar-refractivity contribution >= 4 is 5.91 Å². The number of hydrogen-bond donors (Lipinski definition) is 0. The zero-order chi connectivity index (χ0) is 22.2. The Morgan fingerprint density at radius 2 is 2.06 bits per heavy atom. The Kier molecular flexibility index (Phi) is 5.62. The number of carbonyl (C=O) groups is 1. The van der Waals surface area contributed by atoms with E-state index in [2.05, 4.69) is 5.10 Å². The lowest BCUT2D eigenvalue weighted by atomic mass is 10.1. The molecule has 164 valence electrons. The number of nitriles is 1. The number of alkyl halides is 3. The van der Waals surface area contributed by atoms with Gasteiger partial charge in [0, 0.05) is 25.3 Å². The van der Waals surface area contributed by atoms with Crippen LogP contribution in [0.2, 0.25) is 0 Å². The van der Waals surface area contributed by atoms with Crippen LogP contribution in [0.4, 0.5) is 13.2 Å². The second-order valence-electron chi connectivity index (χ2n) is 7.69. The van der Waals surface area contributed by atoms with E-state index in [1.54, 1.807) is 6.20 Å². The van der Waals surface area contributed by atoms with Crippen LogP contribution in [-0.4, -0.2) is 46.1 Å². The van der Waals surface area contributed by atoms with Gasteiger partial charge in [-0.1, -0.05) is 0 Å². The molecule has 0 aliphatic carbocycles. The maximum absolute atomic E-state index is 13.2. The highest BCUT2D eigenvalue weighted by atomic mass is 19.4. The van der Waals surface area contributed by atoms with Crippen molar-refractivity contribution in [2.45, 2.75) is 51.2 Å². The molecule has 0 bridgehead atoms. The number of amides is 1. The molecule has 0 saturated carbocycles. The number of fused-ring (bicyclic) bond motifs is 1. The fraction of sp³-hybridized carbons (Fsp3) is 0.476. The van der Waals surface area contributed by atoms with E-state index >= 15 is 0 Å². The second kappa shape index (κ2) is 8.23. The summed E-state index contributed by atoms with van der Waals surface area (Å²) in [7, 11) is 0. The van der Waals surface area contributed by atoms with E-state index in [4.69, 9.17) is 9.47 Å². The number of rotatable bonds is 4. The molecule has 10 heteroatoms. The second-order valence-corrected chi connectivity index (χ2v) is 7.69. The minimum atomic E-state index is -4.58. The van der Waals surface area contributed by atoms with Crippen molar-refractivity contribution in [2.75, 3.05) is 13.2 Å². The number of carbonyl (C=O) groups excluding carboxylic acids is 1. The Hall–Kier alpha value is -3.06. The van der Waals surface area contributed by atoms with E-state index in [1.807, 2.05) is 10.8 Å². The van der Waals surface area contributed by atoms with Gasteiger partial charge in [-0.15, -0.1) is 0 Å². The van der Waals surface area contributed by atoms with E-state index in [0.29, 0.717) is 19.8 Å². The Morgan fingerprint density at radius 1 is 1.32 bits per heavy atom. The number of benzene rings is 1. The number of halogens is 3. The van der Waals surface area contributed by atoms with Gasteiger partial charge in [0.1, 0.15) is 5.75 Å². The smallest absolute Gasteiger partial charge is 0.425 e. The molecule has 31 heavy (non-hydrogen) atoms. The summed E-state index contributed by atoms with van der Waals surface area (Å²) in [5, 5.41) is 13.7. The van der Waals surface area contributed by atoms with Crippen LogP contribution in [-0.2, 0) is 17.8 Å². The van der Waals surface area contributed by atoms with Gasteiger partial charge in [-0.05, 0) is 38.0 Å². The zero-order valence-electron chi connectivity index (χ0n) is 16.9. The third kappa shape index (κ3) is 4.23. The van der Waals surface area contributed by atoms with Crippen LogP contribution in [0.15, 0.2) is 24.4 Å². The van der Waals surface area contributed by atoms with Gasteiger partial charge < -0.3 is 14.4 Å². The van der Waals surface area contributed by atoms with E-state index in [1.165, 1.54) is 23.1 Å². The summed E-state index contributed by atoms with van der Waals surface area (Å²) in [6.07, 6.45) is -3.28. The maximum Gasteiger partial charge on any atom is 0.425 e. The summed E-state index contributed by atoms with van der Waals surface area (Å²) < 4.78 is 51.3. The Morgan fingerprint density at radius 3 is 2.74 bits per heavy atom. The van der Waals surface area contributed by atoms with E-state index in [9.17, 15) is 23.2 Å². The largest absolute Gasteiger partial charge is 0.480 e. The van der Waals surface area contributed by atoms with Crippen LogP contribution in [0.5, 0.6) is 5.75 Å². The predicted octanol–water partition coefficient (Wildman–Crippen LogP) is 3.59. The lowest BCUT2D eigenvalue weighted by molar-refractivity contribution is -0.189. The lowest BCUT2D eigenvalue weighted by Crippen LogP contribution is -2.33. The van der Waals surface area contributed by atoms with Crippen molar-refractivity contribution in [1.29, 1.82) is 5.26 Å². The first kappa shape index (κ1) is 21.2. The van der Waals surface area contributed by atoms with Crippen LogP contribution in [0.25, 0.3) is 0 Å². The minimum Gasteiger partial charge on any atom is -0.480 e. The molecule has 0 N–H and O–H groups in total. The van der Waals surface area contributed by atoms with Gasteiger partial charge in [0.2, 0.25) is 0 Å². The third-order valence-electron chi connectivity index (χ3n) is 5.61. The van der Waals surface area contributed by atoms with Crippen LogP contribution < -0.4 is 4.74 Å². The van der Waals surface area contributed by atoms with Crippen molar-refractivity contribution in [2.24, 2.45) is 0 Å². The molecule has 4 rings (SSSR count). The predicted molar refractivity (Wildman–Crippen MR) is 102 cm³/mol. The lowest BCUT2D eigenvalue weighted by Gasteiger charge is -2.25. The zero-order valence-corrected chi connectivity index (χ0v) is 16.9. The highest BCUT2D eigenvalue weighted by Crippen LogP contribution is 2.33. The average molecular weight is 434 g/mol. The maximum atomic E-state index is 13.2. The van der Waals surface area contributed by atoms with E-state index < -0.39 is 18.2 Å². The van der Waals surface area contributed by atoms with Crippen molar-refractivity contribution in [3.8, 4) is 11.8 Å². The summed E-state index contributed by atoms with van der Waals surface area (Å²) >= 11 is 0. The molecule has 2 aromatic rings. The van der Waals surface area contributed by atoms with Crippen LogP contribution in [0.3, 0.4) is 0 Å². The summed E-state index contributed by atoms with van der Waals surface area (Å²) in [6, 6.07) is 5.95. The molecule has 0 unspecified atom stereocenters. The Balaban J connectivity index is 1.58. The summed E-state index contributed by atoms with van der Waals surface area (Å²) in [5.41, 5.74) is 1.93. The molecule has 2 aliphatic heterocycles.